The zero-order chi connectivity index (χ0) is 22.3. The first-order valence-corrected chi connectivity index (χ1v) is 11.9. The van der Waals surface area contributed by atoms with Crippen molar-refractivity contribution in [2.75, 3.05) is 24.6 Å². The maximum Gasteiger partial charge on any atom is 0.147 e. The van der Waals surface area contributed by atoms with E-state index in [-0.39, 0.29) is 0 Å². The molecule has 3 heterocycles. The van der Waals surface area contributed by atoms with Gasteiger partial charge in [-0.1, -0.05) is 28.7 Å². The van der Waals surface area contributed by atoms with Gasteiger partial charge >= 0.3 is 0 Å². The summed E-state index contributed by atoms with van der Waals surface area (Å²) in [5.74, 6) is 0.708. The molecule has 0 radical (unpaired) electrons. The minimum absolute atomic E-state index is 0.292. The first-order chi connectivity index (χ1) is 14.8. The second-order valence-corrected chi connectivity index (χ2v) is 9.72. The molecule has 0 amide bonds. The summed E-state index contributed by atoms with van der Waals surface area (Å²) in [7, 11) is 2.00. The second kappa shape index (κ2) is 9.05. The van der Waals surface area contributed by atoms with Crippen LogP contribution in [0.15, 0.2) is 18.2 Å². The molecule has 4 nitrogen and oxygen atoms in total. The maximum atomic E-state index is 9.14. The average Bonchev–Trinajstić information content (AvgIpc) is 2.96. The van der Waals surface area contributed by atoms with Gasteiger partial charge in [0.05, 0.1) is 15.7 Å². The van der Waals surface area contributed by atoms with E-state index in [0.717, 1.165) is 67.0 Å². The summed E-state index contributed by atoms with van der Waals surface area (Å²) < 4.78 is 2.12. The Hall–Kier alpha value is -1.69. The van der Waals surface area contributed by atoms with E-state index in [4.69, 9.17) is 33.3 Å². The number of hydrogen-bond donors (Lipinski definition) is 1. The Bertz CT molecular complexity index is 1100. The number of fused-ring (bicyclic) bond motifs is 1. The predicted molar refractivity (Wildman–Crippen MR) is 135 cm³/mol. The number of benzene rings is 1. The Morgan fingerprint density at radius 3 is 2.35 bits per heavy atom. The van der Waals surface area contributed by atoms with E-state index >= 15 is 0 Å². The lowest BCUT2D eigenvalue weighted by atomic mass is 9.92. The van der Waals surface area contributed by atoms with Crippen molar-refractivity contribution in [3.05, 3.63) is 45.2 Å². The number of aryl methyl sites for hydroxylation is 2. The number of anilines is 1. The molecule has 0 saturated carbocycles. The largest absolute Gasteiger partial charge is 0.396 e. The zero-order valence-corrected chi connectivity index (χ0v) is 20.3. The van der Waals surface area contributed by atoms with Gasteiger partial charge in [-0.2, -0.15) is 0 Å². The van der Waals surface area contributed by atoms with Crippen LogP contribution < -0.4 is 10.4 Å². The molecule has 2 aromatic heterocycles. The van der Waals surface area contributed by atoms with Gasteiger partial charge in [0, 0.05) is 42.2 Å². The van der Waals surface area contributed by atoms with Gasteiger partial charge in [0.2, 0.25) is 0 Å². The van der Waals surface area contributed by atoms with E-state index in [2.05, 4.69) is 36.3 Å². The molecule has 0 atom stereocenters. The Kier molecular flexibility index (Phi) is 6.57. The monoisotopic (exact) mass is 457 g/mol. The Labute approximate surface area is 195 Å². The summed E-state index contributed by atoms with van der Waals surface area (Å²) in [6, 6.07) is 6.13. The normalized spacial score (nSPS) is 15.2. The van der Waals surface area contributed by atoms with Crippen LogP contribution in [0.4, 0.5) is 5.69 Å². The van der Waals surface area contributed by atoms with Crippen molar-refractivity contribution >= 4 is 53.2 Å². The first kappa shape index (κ1) is 22.5. The molecule has 0 aliphatic carbocycles. The van der Waals surface area contributed by atoms with Gasteiger partial charge in [-0.05, 0) is 76.1 Å². The Morgan fingerprint density at radius 1 is 1.10 bits per heavy atom. The molecule has 1 aliphatic rings. The average molecular weight is 458 g/mol. The fraction of sp³-hybridized carbons (Fsp3) is 0.458. The van der Waals surface area contributed by atoms with Gasteiger partial charge in [0.1, 0.15) is 13.5 Å². The molecule has 7 heteroatoms. The molecule has 0 bridgehead atoms. The molecule has 31 heavy (non-hydrogen) atoms. The number of rotatable bonds is 5. The van der Waals surface area contributed by atoms with E-state index in [1.165, 1.54) is 16.6 Å². The third kappa shape index (κ3) is 4.20. The van der Waals surface area contributed by atoms with Crippen LogP contribution in [0.25, 0.3) is 16.7 Å². The maximum absolute atomic E-state index is 9.14. The van der Waals surface area contributed by atoms with Crippen LogP contribution in [0, 0.1) is 26.7 Å². The molecule has 0 unspecified atom stereocenters. The van der Waals surface area contributed by atoms with Gasteiger partial charge in [0.15, 0.2) is 0 Å². The molecule has 0 spiro atoms. The highest BCUT2D eigenvalue weighted by Gasteiger charge is 2.25. The minimum Gasteiger partial charge on any atom is -0.396 e. The highest BCUT2D eigenvalue weighted by Crippen LogP contribution is 2.39. The van der Waals surface area contributed by atoms with Gasteiger partial charge in [-0.25, -0.2) is 4.98 Å². The van der Waals surface area contributed by atoms with Gasteiger partial charge in [-0.15, -0.1) is 0 Å². The summed E-state index contributed by atoms with van der Waals surface area (Å²) in [4.78, 5) is 7.44. The zero-order valence-electron chi connectivity index (χ0n) is 18.8. The third-order valence-electron chi connectivity index (χ3n) is 6.68. The number of aromatic nitrogens is 2. The number of halogens is 2. The molecule has 3 aromatic rings. The van der Waals surface area contributed by atoms with E-state index < -0.39 is 0 Å². The van der Waals surface area contributed by atoms with Crippen LogP contribution in [0.2, 0.25) is 10.0 Å². The van der Waals surface area contributed by atoms with E-state index in [0.29, 0.717) is 22.6 Å². The summed E-state index contributed by atoms with van der Waals surface area (Å²) in [6.07, 6.45) is 4.35. The SMILES string of the molecule is Bc1cc(Cl)c(-n2c(C)c(C)c3c(N4CCC(CCCO)CC4)cc(C)nc32)c(Cl)c1. The van der Waals surface area contributed by atoms with Crippen LogP contribution in [0.5, 0.6) is 0 Å². The van der Waals surface area contributed by atoms with Crippen molar-refractivity contribution in [2.24, 2.45) is 5.92 Å². The number of aliphatic hydroxyl groups excluding tert-OH is 1. The number of aliphatic hydroxyl groups is 1. The fourth-order valence-electron chi connectivity index (χ4n) is 4.94. The lowest BCUT2D eigenvalue weighted by molar-refractivity contribution is 0.261. The molecule has 1 fully saturated rings. The Morgan fingerprint density at radius 2 is 1.74 bits per heavy atom. The molecule has 1 N–H and O–H groups in total. The van der Waals surface area contributed by atoms with Crippen LogP contribution in [0.3, 0.4) is 0 Å². The first-order valence-electron chi connectivity index (χ1n) is 11.1. The lowest BCUT2D eigenvalue weighted by Crippen LogP contribution is -2.34. The van der Waals surface area contributed by atoms with Crippen LogP contribution >= 0.6 is 23.2 Å². The molecule has 1 saturated heterocycles. The fourth-order valence-corrected chi connectivity index (χ4v) is 5.71. The van der Waals surface area contributed by atoms with E-state index in [9.17, 15) is 0 Å². The summed E-state index contributed by atoms with van der Waals surface area (Å²) in [5.41, 5.74) is 7.33. The minimum atomic E-state index is 0.292. The summed E-state index contributed by atoms with van der Waals surface area (Å²) in [5, 5.41) is 11.6. The van der Waals surface area contributed by atoms with Crippen molar-refractivity contribution in [1.29, 1.82) is 0 Å². The molecule has 4 rings (SSSR count). The van der Waals surface area contributed by atoms with Crippen LogP contribution in [-0.4, -0.2) is 42.2 Å². The molecular weight excluding hydrogens is 428 g/mol. The standard InChI is InChI=1S/C24H30BCl2N3O/c1-14-11-21(29-8-6-17(7-9-29)5-4-10-31)22-15(2)16(3)30(24(22)28-14)23-19(26)12-18(25)13-20(23)27/h11-13,17,31H,4-10,25H2,1-3H3. The third-order valence-corrected chi connectivity index (χ3v) is 7.26. The number of pyridine rings is 1. The highest BCUT2D eigenvalue weighted by atomic mass is 35.5. The molecular formula is C24H30BCl2N3O. The quantitative estimate of drug-likeness (QED) is 0.573. The van der Waals surface area contributed by atoms with Crippen molar-refractivity contribution in [3.8, 4) is 5.69 Å². The Balaban J connectivity index is 1.82. The van der Waals surface area contributed by atoms with Gasteiger partial charge in [-0.3, -0.25) is 4.57 Å². The number of hydrogen-bond acceptors (Lipinski definition) is 3. The number of nitrogens with zero attached hydrogens (tertiary/aromatic N) is 3. The lowest BCUT2D eigenvalue weighted by Gasteiger charge is -2.34. The van der Waals surface area contributed by atoms with Gasteiger partial charge in [0.25, 0.3) is 0 Å². The second-order valence-electron chi connectivity index (χ2n) is 8.90. The summed E-state index contributed by atoms with van der Waals surface area (Å²) in [6.45, 7) is 8.69. The predicted octanol–water partition coefficient (Wildman–Crippen LogP) is 4.50. The van der Waals surface area contributed by atoms with E-state index in [1.807, 2.05) is 20.0 Å². The van der Waals surface area contributed by atoms with Crippen molar-refractivity contribution < 1.29 is 5.11 Å². The molecule has 164 valence electrons. The van der Waals surface area contributed by atoms with E-state index in [1.54, 1.807) is 0 Å². The van der Waals surface area contributed by atoms with Crippen molar-refractivity contribution in [3.63, 3.8) is 0 Å². The van der Waals surface area contributed by atoms with Crippen LogP contribution in [-0.2, 0) is 0 Å². The molecule has 1 aliphatic heterocycles. The van der Waals surface area contributed by atoms with Crippen molar-refractivity contribution in [2.45, 2.75) is 46.5 Å². The van der Waals surface area contributed by atoms with Crippen molar-refractivity contribution in [1.82, 2.24) is 9.55 Å². The van der Waals surface area contributed by atoms with Gasteiger partial charge < -0.3 is 10.0 Å². The topological polar surface area (TPSA) is 41.3 Å². The van der Waals surface area contributed by atoms with Crippen LogP contribution in [0.1, 0.15) is 42.6 Å². The number of piperidine rings is 1. The summed E-state index contributed by atoms with van der Waals surface area (Å²) >= 11 is 13.4. The molecule has 1 aromatic carbocycles. The smallest absolute Gasteiger partial charge is 0.147 e. The highest BCUT2D eigenvalue weighted by molar-refractivity contribution is 6.42.